The molecule has 6 heteroatoms. The van der Waals surface area contributed by atoms with Crippen molar-refractivity contribution in [1.29, 1.82) is 0 Å². The van der Waals surface area contributed by atoms with E-state index >= 15 is 0 Å². The zero-order valence-corrected chi connectivity index (χ0v) is 17.8. The second-order valence-electron chi connectivity index (χ2n) is 8.73. The number of para-hydroxylation sites is 1. The van der Waals surface area contributed by atoms with Crippen molar-refractivity contribution in [2.24, 2.45) is 11.8 Å². The van der Waals surface area contributed by atoms with Crippen LogP contribution in [-0.4, -0.2) is 16.0 Å². The second-order valence-corrected chi connectivity index (χ2v) is 9.14. The maximum Gasteiger partial charge on any atom is 0.229 e. The molecule has 0 spiro atoms. The molecule has 2 saturated carbocycles. The maximum absolute atomic E-state index is 13.5. The largest absolute Gasteiger partial charge is 0.367 e. The summed E-state index contributed by atoms with van der Waals surface area (Å²) in [6.45, 7) is 2.22. The van der Waals surface area contributed by atoms with Crippen molar-refractivity contribution in [3.63, 3.8) is 0 Å². The predicted octanol–water partition coefficient (Wildman–Crippen LogP) is 6.72. The van der Waals surface area contributed by atoms with Gasteiger partial charge in [-0.3, -0.25) is 0 Å². The lowest BCUT2D eigenvalue weighted by Gasteiger charge is -2.26. The van der Waals surface area contributed by atoms with Crippen LogP contribution >= 0.6 is 11.6 Å². The monoisotopic (exact) mass is 424 g/mol. The van der Waals surface area contributed by atoms with E-state index in [9.17, 15) is 4.39 Å². The summed E-state index contributed by atoms with van der Waals surface area (Å²) in [6, 6.07) is 11.3. The van der Waals surface area contributed by atoms with E-state index in [0.29, 0.717) is 23.6 Å². The van der Waals surface area contributed by atoms with Gasteiger partial charge in [0.05, 0.1) is 10.5 Å². The number of nitrogens with one attached hydrogen (secondary N) is 2. The summed E-state index contributed by atoms with van der Waals surface area (Å²) in [5.74, 6) is 2.37. The molecule has 30 heavy (non-hydrogen) atoms. The summed E-state index contributed by atoms with van der Waals surface area (Å²) in [6.07, 6.45) is 7.50. The standard InChI is InChI=1S/C24H26ClFN4/c1-14(16-8-9-16)27-23-19-7-3-6-17(12-15-4-2-5-15)22(19)29-24(30-23)28-18-10-11-21(26)20(25)13-18/h3,6-7,10-11,13-16H,2,4-5,8-9,12H2,1H3,(H2,27,28,29,30)/t14-/m1/s1. The second kappa shape index (κ2) is 8.03. The van der Waals surface area contributed by atoms with Crippen LogP contribution in [0.3, 0.4) is 0 Å². The fourth-order valence-electron chi connectivity index (χ4n) is 4.18. The normalized spacial score (nSPS) is 17.6. The number of aromatic nitrogens is 2. The lowest BCUT2D eigenvalue weighted by Crippen LogP contribution is -2.19. The number of hydrogen-bond donors (Lipinski definition) is 2. The van der Waals surface area contributed by atoms with Gasteiger partial charge >= 0.3 is 0 Å². The molecule has 0 amide bonds. The molecule has 4 nitrogen and oxygen atoms in total. The van der Waals surface area contributed by atoms with Crippen molar-refractivity contribution in [2.75, 3.05) is 10.6 Å². The number of nitrogens with zero attached hydrogens (tertiary/aromatic N) is 2. The zero-order valence-electron chi connectivity index (χ0n) is 17.1. The van der Waals surface area contributed by atoms with E-state index in [0.717, 1.165) is 29.1 Å². The lowest BCUT2D eigenvalue weighted by molar-refractivity contribution is 0.315. The Bertz CT molecular complexity index is 1080. The van der Waals surface area contributed by atoms with Gasteiger partial charge < -0.3 is 10.6 Å². The fourth-order valence-corrected chi connectivity index (χ4v) is 4.36. The minimum atomic E-state index is -0.440. The van der Waals surface area contributed by atoms with Crippen molar-refractivity contribution in [3.05, 3.63) is 52.8 Å². The topological polar surface area (TPSA) is 49.8 Å². The number of rotatable bonds is 7. The van der Waals surface area contributed by atoms with Crippen molar-refractivity contribution in [1.82, 2.24) is 9.97 Å². The van der Waals surface area contributed by atoms with Crippen LogP contribution in [0.4, 0.5) is 21.8 Å². The summed E-state index contributed by atoms with van der Waals surface area (Å²) < 4.78 is 13.5. The SMILES string of the molecule is C[C@@H](Nc1nc(Nc2ccc(F)c(Cl)c2)nc2c(CC3CCC3)cccc12)C1CC1. The molecule has 2 aliphatic carbocycles. The Morgan fingerprint density at radius 2 is 1.97 bits per heavy atom. The van der Waals surface area contributed by atoms with Gasteiger partial charge in [-0.05, 0) is 67.9 Å². The minimum absolute atomic E-state index is 0.0761. The molecule has 2 aliphatic rings. The van der Waals surface area contributed by atoms with E-state index in [1.807, 2.05) is 0 Å². The van der Waals surface area contributed by atoms with Gasteiger partial charge in [-0.2, -0.15) is 4.98 Å². The third kappa shape index (κ3) is 4.08. The van der Waals surface area contributed by atoms with Gasteiger partial charge in [-0.25, -0.2) is 9.37 Å². The van der Waals surface area contributed by atoms with Crippen LogP contribution in [-0.2, 0) is 6.42 Å². The third-order valence-corrected chi connectivity index (χ3v) is 6.70. The van der Waals surface area contributed by atoms with Crippen LogP contribution in [0.1, 0.15) is 44.6 Å². The smallest absolute Gasteiger partial charge is 0.229 e. The van der Waals surface area contributed by atoms with E-state index in [-0.39, 0.29) is 5.02 Å². The van der Waals surface area contributed by atoms with E-state index in [4.69, 9.17) is 21.6 Å². The first kappa shape index (κ1) is 19.6. The van der Waals surface area contributed by atoms with Crippen LogP contribution in [0.5, 0.6) is 0 Å². The van der Waals surface area contributed by atoms with Crippen molar-refractivity contribution in [2.45, 2.75) is 51.5 Å². The molecular weight excluding hydrogens is 399 g/mol. The molecule has 156 valence electrons. The Morgan fingerprint density at radius 1 is 1.13 bits per heavy atom. The van der Waals surface area contributed by atoms with Crippen LogP contribution in [0.25, 0.3) is 10.9 Å². The molecule has 1 atom stereocenters. The summed E-state index contributed by atoms with van der Waals surface area (Å²) in [4.78, 5) is 9.65. The van der Waals surface area contributed by atoms with Gasteiger partial charge in [0.1, 0.15) is 11.6 Å². The van der Waals surface area contributed by atoms with E-state index < -0.39 is 5.82 Å². The molecule has 5 rings (SSSR count). The molecule has 2 aromatic carbocycles. The molecule has 1 aromatic heterocycles. The highest BCUT2D eigenvalue weighted by Crippen LogP contribution is 2.36. The van der Waals surface area contributed by atoms with Gasteiger partial charge in [-0.15, -0.1) is 0 Å². The summed E-state index contributed by atoms with van der Waals surface area (Å²) in [7, 11) is 0. The van der Waals surface area contributed by atoms with E-state index in [1.165, 1.54) is 43.7 Å². The molecule has 1 heterocycles. The summed E-state index contributed by atoms with van der Waals surface area (Å²) in [5.41, 5.74) is 2.92. The first-order chi connectivity index (χ1) is 14.6. The first-order valence-corrected chi connectivity index (χ1v) is 11.2. The Balaban J connectivity index is 1.54. The Hall–Kier alpha value is -2.40. The number of halogens is 2. The van der Waals surface area contributed by atoms with E-state index in [2.05, 4.69) is 35.8 Å². The molecule has 2 fully saturated rings. The Kier molecular flexibility index (Phi) is 5.23. The summed E-state index contributed by atoms with van der Waals surface area (Å²) in [5, 5.41) is 7.98. The highest BCUT2D eigenvalue weighted by molar-refractivity contribution is 6.31. The summed E-state index contributed by atoms with van der Waals surface area (Å²) >= 11 is 5.95. The Labute approximate surface area is 181 Å². The van der Waals surface area contributed by atoms with Gasteiger partial charge in [-0.1, -0.05) is 43.0 Å². The van der Waals surface area contributed by atoms with Gasteiger partial charge in [0.2, 0.25) is 5.95 Å². The number of hydrogen-bond acceptors (Lipinski definition) is 4. The lowest BCUT2D eigenvalue weighted by atomic mass is 9.80. The highest BCUT2D eigenvalue weighted by Gasteiger charge is 2.29. The minimum Gasteiger partial charge on any atom is -0.367 e. The number of anilines is 3. The van der Waals surface area contributed by atoms with Crippen LogP contribution < -0.4 is 10.6 Å². The van der Waals surface area contributed by atoms with E-state index in [1.54, 1.807) is 12.1 Å². The first-order valence-electron chi connectivity index (χ1n) is 10.8. The molecule has 0 saturated heterocycles. The molecular formula is C24H26ClFN4. The van der Waals surface area contributed by atoms with Gasteiger partial charge in [0, 0.05) is 17.1 Å². The number of benzene rings is 2. The van der Waals surface area contributed by atoms with Crippen molar-refractivity contribution >= 4 is 40.0 Å². The van der Waals surface area contributed by atoms with Crippen LogP contribution in [0.2, 0.25) is 5.02 Å². The highest BCUT2D eigenvalue weighted by atomic mass is 35.5. The molecule has 0 radical (unpaired) electrons. The number of fused-ring (bicyclic) bond motifs is 1. The zero-order chi connectivity index (χ0) is 20.7. The molecule has 0 bridgehead atoms. The van der Waals surface area contributed by atoms with Crippen LogP contribution in [0.15, 0.2) is 36.4 Å². The molecule has 2 N–H and O–H groups in total. The Morgan fingerprint density at radius 3 is 2.67 bits per heavy atom. The van der Waals surface area contributed by atoms with Crippen LogP contribution in [0, 0.1) is 17.7 Å². The van der Waals surface area contributed by atoms with Gasteiger partial charge in [0.25, 0.3) is 0 Å². The van der Waals surface area contributed by atoms with Gasteiger partial charge in [0.15, 0.2) is 0 Å². The quantitative estimate of drug-likeness (QED) is 0.442. The third-order valence-electron chi connectivity index (χ3n) is 6.41. The average molecular weight is 425 g/mol. The average Bonchev–Trinajstić information content (AvgIpc) is 3.53. The fraction of sp³-hybridized carbons (Fsp3) is 0.417. The molecule has 3 aromatic rings. The maximum atomic E-state index is 13.5. The van der Waals surface area contributed by atoms with Crippen molar-refractivity contribution < 1.29 is 4.39 Å². The van der Waals surface area contributed by atoms with Crippen molar-refractivity contribution in [3.8, 4) is 0 Å². The molecule has 0 unspecified atom stereocenters. The predicted molar refractivity (Wildman–Crippen MR) is 121 cm³/mol. The molecule has 0 aliphatic heterocycles.